The Labute approximate surface area is 136 Å². The van der Waals surface area contributed by atoms with E-state index in [2.05, 4.69) is 17.5 Å². The van der Waals surface area contributed by atoms with Crippen molar-refractivity contribution in [2.75, 3.05) is 19.6 Å². The van der Waals surface area contributed by atoms with Crippen LogP contribution in [0.1, 0.15) is 45.4 Å². The fraction of sp³-hybridized carbons (Fsp3) is 0.765. The zero-order valence-electron chi connectivity index (χ0n) is 13.5. The molecule has 3 fully saturated rings. The molecule has 0 aromatic heterocycles. The van der Waals surface area contributed by atoms with Crippen LogP contribution in [0.25, 0.3) is 0 Å². The van der Waals surface area contributed by atoms with Gasteiger partial charge in [0.15, 0.2) is 10.8 Å². The van der Waals surface area contributed by atoms with Gasteiger partial charge in [-0.1, -0.05) is 26.2 Å². The van der Waals surface area contributed by atoms with Crippen LogP contribution in [0.5, 0.6) is 0 Å². The van der Waals surface area contributed by atoms with Gasteiger partial charge in [0.2, 0.25) is 11.8 Å². The minimum atomic E-state index is -1.30. The molecule has 3 rings (SSSR count). The highest BCUT2D eigenvalue weighted by atomic mass is 16.2. The molecule has 2 amide bonds. The Morgan fingerprint density at radius 3 is 2.00 bits per heavy atom. The lowest BCUT2D eigenvalue weighted by molar-refractivity contribution is -0.185. The maximum absolute atomic E-state index is 12.8. The van der Waals surface area contributed by atoms with E-state index in [1.165, 1.54) is 0 Å². The molecule has 2 aliphatic heterocycles. The van der Waals surface area contributed by atoms with Gasteiger partial charge in [-0.05, 0) is 25.8 Å². The summed E-state index contributed by atoms with van der Waals surface area (Å²) in [6.45, 7) is 3.34. The van der Waals surface area contributed by atoms with Crippen molar-refractivity contribution in [1.82, 2.24) is 10.2 Å². The highest BCUT2D eigenvalue weighted by molar-refractivity contribution is 6.08. The number of nitriles is 2. The van der Waals surface area contributed by atoms with Gasteiger partial charge in [0.1, 0.15) is 0 Å². The topological polar surface area (TPSA) is 97.0 Å². The SMILES string of the molecule is CCCN1CC2(C#N)C(=O)NC(=O)C(C#N)(C1)C21CCCCC1. The lowest BCUT2D eigenvalue weighted by Crippen LogP contribution is -2.77. The van der Waals surface area contributed by atoms with Crippen LogP contribution in [0, 0.1) is 38.9 Å². The number of nitrogens with one attached hydrogen (secondary N) is 1. The van der Waals surface area contributed by atoms with Gasteiger partial charge in [0.25, 0.3) is 0 Å². The molecular weight excluding hydrogens is 292 g/mol. The van der Waals surface area contributed by atoms with Crippen molar-refractivity contribution >= 4 is 11.8 Å². The van der Waals surface area contributed by atoms with Crippen molar-refractivity contribution in [3.8, 4) is 12.1 Å². The standard InChI is InChI=1S/C17H22N4O2/c1-2-8-21-11-15(9-18)13(22)20-14(23)16(10-19,12-21)17(15)6-4-3-5-7-17/h2-8,11-12H2,1H3,(H,20,22,23). The van der Waals surface area contributed by atoms with E-state index in [1.807, 2.05) is 11.8 Å². The van der Waals surface area contributed by atoms with E-state index in [0.717, 1.165) is 25.7 Å². The van der Waals surface area contributed by atoms with Crippen molar-refractivity contribution in [2.45, 2.75) is 45.4 Å². The van der Waals surface area contributed by atoms with E-state index in [1.54, 1.807) is 0 Å². The predicted molar refractivity (Wildman–Crippen MR) is 81.5 cm³/mol. The molecule has 1 spiro atoms. The fourth-order valence-electron chi connectivity index (χ4n) is 5.16. The predicted octanol–water partition coefficient (Wildman–Crippen LogP) is 1.34. The number of nitrogens with zero attached hydrogens (tertiary/aromatic N) is 3. The maximum atomic E-state index is 12.8. The Morgan fingerprint density at radius 1 is 1.04 bits per heavy atom. The second-order valence-corrected chi connectivity index (χ2v) is 7.17. The normalized spacial score (nSPS) is 36.1. The summed E-state index contributed by atoms with van der Waals surface area (Å²) in [5, 5.41) is 22.4. The number of piperidine rings is 2. The van der Waals surface area contributed by atoms with Crippen molar-refractivity contribution in [3.05, 3.63) is 0 Å². The maximum Gasteiger partial charge on any atom is 0.249 e. The van der Waals surface area contributed by atoms with Crippen molar-refractivity contribution < 1.29 is 9.59 Å². The van der Waals surface area contributed by atoms with Crippen LogP contribution in [-0.2, 0) is 9.59 Å². The number of amides is 2. The van der Waals surface area contributed by atoms with E-state index in [4.69, 9.17) is 0 Å². The summed E-state index contributed by atoms with van der Waals surface area (Å²) in [5.74, 6) is -1.00. The first-order valence-electron chi connectivity index (χ1n) is 8.43. The summed E-state index contributed by atoms with van der Waals surface area (Å²) in [6.07, 6.45) is 4.81. The quantitative estimate of drug-likeness (QED) is 0.776. The number of hydrogen-bond donors (Lipinski definition) is 1. The molecule has 1 saturated carbocycles. The van der Waals surface area contributed by atoms with Gasteiger partial charge in [-0.25, -0.2) is 0 Å². The first-order chi connectivity index (χ1) is 11.0. The molecule has 0 radical (unpaired) electrons. The third-order valence-electron chi connectivity index (χ3n) is 6.19. The third kappa shape index (κ3) is 1.76. The van der Waals surface area contributed by atoms with Crippen molar-refractivity contribution in [1.29, 1.82) is 10.5 Å². The number of rotatable bonds is 2. The summed E-state index contributed by atoms with van der Waals surface area (Å²) in [7, 11) is 0. The summed E-state index contributed by atoms with van der Waals surface area (Å²) >= 11 is 0. The first kappa shape index (κ1) is 16.0. The summed E-state index contributed by atoms with van der Waals surface area (Å²) in [6, 6.07) is 4.54. The molecule has 2 saturated heterocycles. The van der Waals surface area contributed by atoms with Crippen LogP contribution in [0.2, 0.25) is 0 Å². The molecule has 0 aromatic carbocycles. The van der Waals surface area contributed by atoms with Crippen LogP contribution in [0.15, 0.2) is 0 Å². The second-order valence-electron chi connectivity index (χ2n) is 7.17. The zero-order chi connectivity index (χ0) is 16.7. The molecule has 2 unspecified atom stereocenters. The van der Waals surface area contributed by atoms with Gasteiger partial charge >= 0.3 is 0 Å². The number of imide groups is 1. The Balaban J connectivity index is 2.23. The highest BCUT2D eigenvalue weighted by Gasteiger charge is 2.75. The zero-order valence-corrected chi connectivity index (χ0v) is 13.5. The summed E-state index contributed by atoms with van der Waals surface area (Å²) in [5.41, 5.74) is -3.44. The van der Waals surface area contributed by atoms with Gasteiger partial charge in [-0.2, -0.15) is 10.5 Å². The Kier molecular flexibility index (Phi) is 3.69. The molecule has 3 aliphatic rings. The molecule has 6 nitrogen and oxygen atoms in total. The molecule has 2 bridgehead atoms. The van der Waals surface area contributed by atoms with Gasteiger partial charge in [0.05, 0.1) is 12.1 Å². The van der Waals surface area contributed by atoms with Gasteiger partial charge < -0.3 is 0 Å². The van der Waals surface area contributed by atoms with Crippen LogP contribution in [0.3, 0.4) is 0 Å². The number of hydrogen-bond acceptors (Lipinski definition) is 5. The average Bonchev–Trinajstić information content (AvgIpc) is 2.56. The lowest BCUT2D eigenvalue weighted by Gasteiger charge is -2.62. The molecule has 122 valence electrons. The first-order valence-corrected chi connectivity index (χ1v) is 8.43. The Hall–Kier alpha value is -1.92. The second kappa shape index (κ2) is 5.32. The molecule has 0 aromatic rings. The fourth-order valence-corrected chi connectivity index (χ4v) is 5.16. The van der Waals surface area contributed by atoms with E-state index < -0.39 is 28.1 Å². The third-order valence-corrected chi connectivity index (χ3v) is 6.19. The smallest absolute Gasteiger partial charge is 0.249 e. The lowest BCUT2D eigenvalue weighted by atomic mass is 9.42. The highest BCUT2D eigenvalue weighted by Crippen LogP contribution is 2.64. The van der Waals surface area contributed by atoms with Gasteiger partial charge in [-0.3, -0.25) is 19.8 Å². The largest absolute Gasteiger partial charge is 0.299 e. The van der Waals surface area contributed by atoms with E-state index in [0.29, 0.717) is 32.5 Å². The number of carbonyl (C=O) groups excluding carboxylic acids is 2. The van der Waals surface area contributed by atoms with Crippen molar-refractivity contribution in [2.24, 2.45) is 16.2 Å². The van der Waals surface area contributed by atoms with Crippen LogP contribution < -0.4 is 5.32 Å². The average molecular weight is 314 g/mol. The summed E-state index contributed by atoms with van der Waals surface area (Å²) in [4.78, 5) is 27.5. The Bertz CT molecular complexity index is 581. The van der Waals surface area contributed by atoms with Gasteiger partial charge in [0, 0.05) is 18.5 Å². The minimum absolute atomic E-state index is 0.319. The van der Waals surface area contributed by atoms with Crippen molar-refractivity contribution in [3.63, 3.8) is 0 Å². The molecule has 6 heteroatoms. The van der Waals surface area contributed by atoms with Gasteiger partial charge in [-0.15, -0.1) is 0 Å². The molecular formula is C17H22N4O2. The Morgan fingerprint density at radius 2 is 1.57 bits per heavy atom. The van der Waals surface area contributed by atoms with E-state index >= 15 is 0 Å². The van der Waals surface area contributed by atoms with Crippen LogP contribution in [-0.4, -0.2) is 36.3 Å². The summed E-state index contributed by atoms with van der Waals surface area (Å²) < 4.78 is 0. The molecule has 23 heavy (non-hydrogen) atoms. The van der Waals surface area contributed by atoms with Crippen LogP contribution >= 0.6 is 0 Å². The van der Waals surface area contributed by atoms with Crippen LogP contribution in [0.4, 0.5) is 0 Å². The number of likely N-dealkylation sites (tertiary alicyclic amines) is 1. The number of carbonyl (C=O) groups is 2. The molecule has 2 atom stereocenters. The minimum Gasteiger partial charge on any atom is -0.299 e. The van der Waals surface area contributed by atoms with E-state index in [9.17, 15) is 20.1 Å². The molecule has 1 aliphatic carbocycles. The van der Waals surface area contributed by atoms with E-state index in [-0.39, 0.29) is 0 Å². The molecule has 1 N–H and O–H groups in total. The molecule has 2 heterocycles. The monoisotopic (exact) mass is 314 g/mol.